The van der Waals surface area contributed by atoms with E-state index in [0.717, 1.165) is 12.8 Å². The van der Waals surface area contributed by atoms with Crippen molar-refractivity contribution in [2.75, 3.05) is 26.2 Å². The van der Waals surface area contributed by atoms with Crippen LogP contribution in [0.15, 0.2) is 30.3 Å². The lowest BCUT2D eigenvalue weighted by Gasteiger charge is -2.34. The Labute approximate surface area is 149 Å². The average Bonchev–Trinajstić information content (AvgIpc) is 3.44. The smallest absolute Gasteiger partial charge is 0.406 e. The van der Waals surface area contributed by atoms with Crippen LogP contribution in [0.1, 0.15) is 18.4 Å². The Balaban J connectivity index is 1.49. The molecule has 1 heterocycles. The number of carbonyl (C=O) groups is 2. The molecule has 0 aromatic heterocycles. The summed E-state index contributed by atoms with van der Waals surface area (Å²) in [6.45, 7) is 2.05. The molecule has 2 amide bonds. The number of ether oxygens (including phenoxy) is 1. The van der Waals surface area contributed by atoms with Crippen molar-refractivity contribution in [3.63, 3.8) is 0 Å². The summed E-state index contributed by atoms with van der Waals surface area (Å²) in [5.74, 6) is -0.119. The molecule has 2 fully saturated rings. The maximum absolute atomic E-state index is 12.2. The molecule has 26 heavy (non-hydrogen) atoms. The van der Waals surface area contributed by atoms with E-state index >= 15 is 0 Å². The van der Waals surface area contributed by atoms with Crippen LogP contribution in [0.3, 0.4) is 0 Å². The number of carbonyl (C=O) groups excluding carboxylic acids is 2. The predicted molar refractivity (Wildman–Crippen MR) is 88.0 cm³/mol. The van der Waals surface area contributed by atoms with Gasteiger partial charge in [0.05, 0.1) is 0 Å². The van der Waals surface area contributed by atoms with Crippen LogP contribution in [0.5, 0.6) is 5.75 Å². The average molecular weight is 368 g/mol. The SMILES string of the molecule is O=C(/C=C/c1ccc(OC(F)(F)F)cc1)N1CCN(C(=O)C2CC2)CC1. The lowest BCUT2D eigenvalue weighted by atomic mass is 10.2. The van der Waals surface area contributed by atoms with Crippen molar-refractivity contribution in [2.45, 2.75) is 19.2 Å². The summed E-state index contributed by atoms with van der Waals surface area (Å²) in [5.41, 5.74) is 0.593. The highest BCUT2D eigenvalue weighted by Gasteiger charge is 2.35. The van der Waals surface area contributed by atoms with Gasteiger partial charge in [-0.2, -0.15) is 0 Å². The van der Waals surface area contributed by atoms with Gasteiger partial charge in [-0.15, -0.1) is 13.2 Å². The van der Waals surface area contributed by atoms with E-state index in [1.54, 1.807) is 11.0 Å². The molecule has 2 aliphatic rings. The van der Waals surface area contributed by atoms with E-state index in [4.69, 9.17) is 0 Å². The third kappa shape index (κ3) is 5.00. The first-order chi connectivity index (χ1) is 12.3. The zero-order valence-electron chi connectivity index (χ0n) is 14.0. The Kier molecular flexibility index (Phi) is 5.20. The summed E-state index contributed by atoms with van der Waals surface area (Å²) >= 11 is 0. The standard InChI is InChI=1S/C18H19F3N2O3/c19-18(20,21)26-15-6-1-13(2-7-15)3-8-16(24)22-9-11-23(12-10-22)17(25)14-4-5-14/h1-3,6-8,14H,4-5,9-12H2/b8-3+. The maximum Gasteiger partial charge on any atom is 0.573 e. The van der Waals surface area contributed by atoms with Crippen LogP contribution in [-0.2, 0) is 9.59 Å². The molecule has 1 aliphatic carbocycles. The number of piperazine rings is 1. The summed E-state index contributed by atoms with van der Waals surface area (Å²) in [6, 6.07) is 5.27. The highest BCUT2D eigenvalue weighted by atomic mass is 19.4. The Morgan fingerprint density at radius 1 is 1.00 bits per heavy atom. The van der Waals surface area contributed by atoms with Gasteiger partial charge in [0.25, 0.3) is 0 Å². The number of hydrogen-bond acceptors (Lipinski definition) is 3. The monoisotopic (exact) mass is 368 g/mol. The molecule has 8 heteroatoms. The molecule has 1 aromatic rings. The zero-order valence-corrected chi connectivity index (χ0v) is 14.0. The molecule has 0 unspecified atom stereocenters. The quantitative estimate of drug-likeness (QED) is 0.768. The first kappa shape index (κ1) is 18.3. The van der Waals surface area contributed by atoms with E-state index in [2.05, 4.69) is 4.74 Å². The molecule has 1 saturated carbocycles. The Morgan fingerprint density at radius 3 is 2.12 bits per heavy atom. The number of rotatable bonds is 4. The first-order valence-corrected chi connectivity index (χ1v) is 8.43. The minimum atomic E-state index is -4.73. The molecule has 0 bridgehead atoms. The van der Waals surface area contributed by atoms with E-state index in [1.165, 1.54) is 30.3 Å². The van der Waals surface area contributed by atoms with Gasteiger partial charge in [-0.3, -0.25) is 9.59 Å². The van der Waals surface area contributed by atoms with Crippen LogP contribution in [-0.4, -0.2) is 54.2 Å². The van der Waals surface area contributed by atoms with Crippen molar-refractivity contribution in [2.24, 2.45) is 5.92 Å². The molecular formula is C18H19F3N2O3. The normalized spacial score (nSPS) is 18.3. The Bertz CT molecular complexity index is 689. The van der Waals surface area contributed by atoms with Crippen LogP contribution >= 0.6 is 0 Å². The van der Waals surface area contributed by atoms with Gasteiger partial charge in [0.15, 0.2) is 0 Å². The minimum Gasteiger partial charge on any atom is -0.406 e. The zero-order chi connectivity index (χ0) is 18.7. The highest BCUT2D eigenvalue weighted by molar-refractivity contribution is 5.92. The summed E-state index contributed by atoms with van der Waals surface area (Å²) in [5, 5.41) is 0. The fraction of sp³-hybridized carbons (Fsp3) is 0.444. The van der Waals surface area contributed by atoms with Crippen LogP contribution in [0.2, 0.25) is 0 Å². The lowest BCUT2D eigenvalue weighted by molar-refractivity contribution is -0.274. The number of nitrogens with zero attached hydrogens (tertiary/aromatic N) is 2. The van der Waals surface area contributed by atoms with E-state index in [9.17, 15) is 22.8 Å². The molecule has 0 N–H and O–H groups in total. The van der Waals surface area contributed by atoms with Crippen LogP contribution in [0.4, 0.5) is 13.2 Å². The fourth-order valence-corrected chi connectivity index (χ4v) is 2.79. The first-order valence-electron chi connectivity index (χ1n) is 8.43. The lowest BCUT2D eigenvalue weighted by Crippen LogP contribution is -2.50. The van der Waals surface area contributed by atoms with Gasteiger partial charge < -0.3 is 14.5 Å². The molecule has 3 rings (SSSR count). The molecule has 5 nitrogen and oxygen atoms in total. The second kappa shape index (κ2) is 7.39. The van der Waals surface area contributed by atoms with Gasteiger partial charge >= 0.3 is 6.36 Å². The fourth-order valence-electron chi connectivity index (χ4n) is 2.79. The second-order valence-corrected chi connectivity index (χ2v) is 6.38. The molecule has 140 valence electrons. The van der Waals surface area contributed by atoms with Crippen molar-refractivity contribution < 1.29 is 27.5 Å². The van der Waals surface area contributed by atoms with Crippen LogP contribution in [0, 0.1) is 5.92 Å². The number of benzene rings is 1. The van der Waals surface area contributed by atoms with E-state index < -0.39 is 6.36 Å². The molecule has 0 atom stereocenters. The Morgan fingerprint density at radius 2 is 1.58 bits per heavy atom. The van der Waals surface area contributed by atoms with Gasteiger partial charge in [0.1, 0.15) is 5.75 Å². The summed E-state index contributed by atoms with van der Waals surface area (Å²) < 4.78 is 40.1. The van der Waals surface area contributed by atoms with Crippen LogP contribution in [0.25, 0.3) is 6.08 Å². The topological polar surface area (TPSA) is 49.9 Å². The van der Waals surface area contributed by atoms with E-state index in [1.807, 2.05) is 4.90 Å². The van der Waals surface area contributed by atoms with Gasteiger partial charge in [-0.1, -0.05) is 12.1 Å². The molecule has 0 spiro atoms. The molecule has 1 aromatic carbocycles. The molecular weight excluding hydrogens is 349 g/mol. The number of halogens is 3. The van der Waals surface area contributed by atoms with Crippen molar-refractivity contribution in [1.82, 2.24) is 9.80 Å². The number of amides is 2. The van der Waals surface area contributed by atoms with Gasteiger partial charge in [0, 0.05) is 38.2 Å². The minimum absolute atomic E-state index is 0.181. The van der Waals surface area contributed by atoms with Crippen molar-refractivity contribution in [3.8, 4) is 5.75 Å². The summed E-state index contributed by atoms with van der Waals surface area (Å²) in [7, 11) is 0. The van der Waals surface area contributed by atoms with E-state index in [-0.39, 0.29) is 23.5 Å². The molecule has 1 saturated heterocycles. The third-order valence-corrected chi connectivity index (χ3v) is 4.36. The maximum atomic E-state index is 12.2. The van der Waals surface area contributed by atoms with Crippen molar-refractivity contribution in [1.29, 1.82) is 0 Å². The van der Waals surface area contributed by atoms with Gasteiger partial charge in [-0.05, 0) is 36.6 Å². The number of hydrogen-bond donors (Lipinski definition) is 0. The highest BCUT2D eigenvalue weighted by Crippen LogP contribution is 2.31. The van der Waals surface area contributed by atoms with Gasteiger partial charge in [-0.25, -0.2) is 0 Å². The van der Waals surface area contributed by atoms with Crippen molar-refractivity contribution in [3.05, 3.63) is 35.9 Å². The van der Waals surface area contributed by atoms with Crippen molar-refractivity contribution >= 4 is 17.9 Å². The molecule has 1 aliphatic heterocycles. The van der Waals surface area contributed by atoms with E-state index in [0.29, 0.717) is 31.7 Å². The molecule has 0 radical (unpaired) electrons. The largest absolute Gasteiger partial charge is 0.573 e. The second-order valence-electron chi connectivity index (χ2n) is 6.38. The Hall–Kier alpha value is -2.51. The van der Waals surface area contributed by atoms with Crippen LogP contribution < -0.4 is 4.74 Å². The van der Waals surface area contributed by atoms with Gasteiger partial charge in [0.2, 0.25) is 11.8 Å². The predicted octanol–water partition coefficient (Wildman–Crippen LogP) is 2.68. The third-order valence-electron chi connectivity index (χ3n) is 4.36. The summed E-state index contributed by atoms with van der Waals surface area (Å²) in [6.07, 6.45) is 0.136. The number of alkyl halides is 3. The summed E-state index contributed by atoms with van der Waals surface area (Å²) in [4.78, 5) is 27.7.